The van der Waals surface area contributed by atoms with Crippen molar-refractivity contribution in [2.24, 2.45) is 40.4 Å². The monoisotopic (exact) mass is 768 g/mol. The number of hydrogen-bond acceptors (Lipinski definition) is 0. The summed E-state index contributed by atoms with van der Waals surface area (Å²) in [7, 11) is 0. The summed E-state index contributed by atoms with van der Waals surface area (Å²) in [6, 6.07) is 11.7. The summed E-state index contributed by atoms with van der Waals surface area (Å²) in [6.45, 7) is 23.8. The summed E-state index contributed by atoms with van der Waals surface area (Å²) >= 11 is 0. The Labute approximate surface area is 329 Å². The molecule has 3 heteroatoms. The Hall–Kier alpha value is -1.27. The molecule has 0 saturated heterocycles. The fourth-order valence-corrected chi connectivity index (χ4v) is 12.3. The molecule has 0 N–H and O–H groups in total. The molecule has 0 aliphatic heterocycles. The molecule has 0 radical (unpaired) electrons. The third kappa shape index (κ3) is 5.64. The molecule has 4 saturated carbocycles. The average Bonchev–Trinajstić information content (AvgIpc) is 3.53. The van der Waals surface area contributed by atoms with Gasteiger partial charge in [0, 0.05) is 0 Å². The molecule has 0 heterocycles. The fourth-order valence-electron chi connectivity index (χ4n) is 12.3. The predicted octanol–water partition coefficient (Wildman–Crippen LogP) is 6.76. The Kier molecular flexibility index (Phi) is 10.8. The second-order valence-corrected chi connectivity index (χ2v) is 17.5. The summed E-state index contributed by atoms with van der Waals surface area (Å²) < 4.78 is 0. The molecule has 4 fully saturated rings. The van der Waals surface area contributed by atoms with E-state index >= 15 is 0 Å². The van der Waals surface area contributed by atoms with Crippen molar-refractivity contribution in [3.8, 4) is 11.1 Å². The summed E-state index contributed by atoms with van der Waals surface area (Å²) in [5, 5.41) is 2.93. The maximum Gasteiger partial charge on any atom is 4.00 e. The summed E-state index contributed by atoms with van der Waals surface area (Å²) in [5.74, 6) is 7.11. The van der Waals surface area contributed by atoms with Gasteiger partial charge in [0.1, 0.15) is 0 Å². The van der Waals surface area contributed by atoms with E-state index in [0.717, 1.165) is 17.8 Å². The summed E-state index contributed by atoms with van der Waals surface area (Å²) in [4.78, 5) is 0. The Bertz CT molecular complexity index is 1790. The molecule has 5 atom stereocenters. The molecule has 0 spiro atoms. The van der Waals surface area contributed by atoms with Crippen LogP contribution in [-0.4, -0.2) is 0 Å². The van der Waals surface area contributed by atoms with Crippen LogP contribution in [-0.2, 0) is 26.2 Å². The maximum atomic E-state index is 3.47. The molecule has 4 bridgehead atoms. The van der Waals surface area contributed by atoms with E-state index in [1.165, 1.54) is 63.4 Å². The molecule has 7 aliphatic carbocycles. The number of fused-ring (bicyclic) bond motifs is 8. The van der Waals surface area contributed by atoms with Crippen molar-refractivity contribution in [1.29, 1.82) is 0 Å². The van der Waals surface area contributed by atoms with E-state index < -0.39 is 0 Å². The fraction of sp³-hybridized carbons (Fsp3) is 0.543. The molecule has 10 rings (SSSR count). The minimum Gasteiger partial charge on any atom is -1.00 e. The van der Waals surface area contributed by atoms with Crippen molar-refractivity contribution in [3.63, 3.8) is 0 Å². The van der Waals surface area contributed by atoms with Crippen LogP contribution in [0.1, 0.15) is 138 Å². The van der Waals surface area contributed by atoms with Gasteiger partial charge >= 0.3 is 26.2 Å². The smallest absolute Gasteiger partial charge is 1.00 e. The van der Waals surface area contributed by atoms with Crippen molar-refractivity contribution in [2.75, 3.05) is 0 Å². The molecular weight excluding hydrogens is 715 g/mol. The van der Waals surface area contributed by atoms with E-state index in [-0.39, 0.29) is 51.0 Å². The van der Waals surface area contributed by atoms with Gasteiger partial charge in [-0.05, 0) is 122 Å². The van der Waals surface area contributed by atoms with E-state index in [4.69, 9.17) is 0 Å². The second-order valence-electron chi connectivity index (χ2n) is 17.5. The Balaban J connectivity index is 0.000000201. The number of hydrogen-bond donors (Lipinski definition) is 0. The van der Waals surface area contributed by atoms with Crippen LogP contribution in [0.3, 0.4) is 0 Å². The average molecular weight is 771 g/mol. The first-order valence-electron chi connectivity index (χ1n) is 18.7. The summed E-state index contributed by atoms with van der Waals surface area (Å²) in [5.41, 5.74) is 16.0. The minimum absolute atomic E-state index is 0. The quantitative estimate of drug-likeness (QED) is 0.240. The van der Waals surface area contributed by atoms with Gasteiger partial charge in [0.2, 0.25) is 0 Å². The first-order valence-corrected chi connectivity index (χ1v) is 18.7. The normalized spacial score (nSPS) is 34.1. The van der Waals surface area contributed by atoms with Gasteiger partial charge in [-0.15, -0.1) is 11.1 Å². The van der Waals surface area contributed by atoms with Crippen LogP contribution in [0.5, 0.6) is 0 Å². The van der Waals surface area contributed by atoms with E-state index in [9.17, 15) is 0 Å². The zero-order valence-corrected chi connectivity index (χ0v) is 35.6. The molecule has 49 heavy (non-hydrogen) atoms. The molecule has 7 aliphatic rings. The van der Waals surface area contributed by atoms with Gasteiger partial charge < -0.3 is 24.8 Å². The van der Waals surface area contributed by atoms with E-state index in [1.807, 2.05) is 0 Å². The van der Waals surface area contributed by atoms with Gasteiger partial charge in [-0.25, -0.2) is 11.6 Å². The van der Waals surface area contributed by atoms with E-state index in [0.29, 0.717) is 34.5 Å². The number of aryl methyl sites for hydroxylation is 1. The van der Waals surface area contributed by atoms with Gasteiger partial charge in [0.15, 0.2) is 0 Å². The van der Waals surface area contributed by atoms with E-state index in [2.05, 4.69) is 118 Å². The molecular formula is C46H56Cl2Zr. The number of halogens is 2. The van der Waals surface area contributed by atoms with Crippen LogP contribution < -0.4 is 24.8 Å². The SMILES string of the molecule is CC1=CC(C)(C23CC4CC(CC(C4)C2)C3)C=[C-]1.Cc1cc2c(c(C)c1C)C(C)c1c3c(c4ccccc4c1-2)C(C)C(C)C(C)[C-]3C.[Cl-].[Cl-].[Zr+4]. The van der Waals surface area contributed by atoms with Gasteiger partial charge in [-0.2, -0.15) is 17.6 Å². The van der Waals surface area contributed by atoms with Crippen molar-refractivity contribution < 1.29 is 51.0 Å². The number of benzene rings is 3. The van der Waals surface area contributed by atoms with Gasteiger partial charge in [0.25, 0.3) is 0 Å². The zero-order valence-electron chi connectivity index (χ0n) is 31.6. The number of allylic oxidation sites excluding steroid dienone is 4. The van der Waals surface area contributed by atoms with Gasteiger partial charge in [-0.1, -0.05) is 113 Å². The maximum absolute atomic E-state index is 3.47. The van der Waals surface area contributed by atoms with Crippen LogP contribution in [0.4, 0.5) is 0 Å². The van der Waals surface area contributed by atoms with Crippen molar-refractivity contribution in [3.05, 3.63) is 99.0 Å². The molecule has 3 aromatic carbocycles. The molecule has 3 aromatic rings. The zero-order chi connectivity index (χ0) is 32.4. The van der Waals surface area contributed by atoms with Gasteiger partial charge in [-0.3, -0.25) is 6.08 Å². The molecule has 258 valence electrons. The van der Waals surface area contributed by atoms with Crippen LogP contribution in [0.25, 0.3) is 21.9 Å². The Morgan fingerprint density at radius 2 is 1.35 bits per heavy atom. The first-order chi connectivity index (χ1) is 21.8. The van der Waals surface area contributed by atoms with Crippen molar-refractivity contribution in [1.82, 2.24) is 0 Å². The minimum atomic E-state index is 0. The third-order valence-corrected chi connectivity index (χ3v) is 15.0. The molecule has 0 amide bonds. The Morgan fingerprint density at radius 3 is 1.90 bits per heavy atom. The largest absolute Gasteiger partial charge is 4.00 e. The first kappa shape index (κ1) is 39.0. The predicted molar refractivity (Wildman–Crippen MR) is 196 cm³/mol. The third-order valence-electron chi connectivity index (χ3n) is 15.0. The van der Waals surface area contributed by atoms with Crippen molar-refractivity contribution >= 4 is 10.8 Å². The standard InChI is InChI=1S/C29H33.C17H23.2ClH.Zr/c1-14-13-24-25(18(5)15(14)2)21(8)28-27-20(7)17(4)16(3)19(6)26(27)22-11-9-10-12-23(22)29(24)28;1-12-3-4-16(2,8-12)17-9-13-5-14(10-17)7-15(6-13)11-17;;;/h9-13,16-17,19,21H,1-8H3;4,8,13-15H,5-7,9-11H2,1-2H3;2*1H;/q2*-1;;;+4/p-2. The topological polar surface area (TPSA) is 0 Å². The molecule has 0 aromatic heterocycles. The van der Waals surface area contributed by atoms with Crippen LogP contribution >= 0.6 is 0 Å². The Morgan fingerprint density at radius 1 is 0.776 bits per heavy atom. The van der Waals surface area contributed by atoms with Crippen LogP contribution in [0.15, 0.2) is 48.1 Å². The molecule has 0 nitrogen and oxygen atoms in total. The second kappa shape index (κ2) is 13.6. The summed E-state index contributed by atoms with van der Waals surface area (Å²) in [6.07, 6.45) is 17.5. The van der Waals surface area contributed by atoms with E-state index in [1.54, 1.807) is 47.4 Å². The van der Waals surface area contributed by atoms with Crippen molar-refractivity contribution in [2.45, 2.75) is 120 Å². The molecule has 5 unspecified atom stereocenters. The van der Waals surface area contributed by atoms with Crippen LogP contribution in [0.2, 0.25) is 0 Å². The number of rotatable bonds is 1. The van der Waals surface area contributed by atoms with Crippen LogP contribution in [0, 0.1) is 73.2 Å². The van der Waals surface area contributed by atoms with Gasteiger partial charge in [0.05, 0.1) is 0 Å².